The van der Waals surface area contributed by atoms with Crippen LogP contribution in [0.15, 0.2) is 97.1 Å². The van der Waals surface area contributed by atoms with Gasteiger partial charge in [0.25, 0.3) is 0 Å². The summed E-state index contributed by atoms with van der Waals surface area (Å²) >= 11 is 0. The fourth-order valence-electron chi connectivity index (χ4n) is 4.88. The Kier molecular flexibility index (Phi) is 8.84. The summed E-state index contributed by atoms with van der Waals surface area (Å²) in [6, 6.07) is 30.3. The summed E-state index contributed by atoms with van der Waals surface area (Å²) in [5.41, 5.74) is 3.34. The topological polar surface area (TPSA) is 80.3 Å². The van der Waals surface area contributed by atoms with Gasteiger partial charge in [0, 0.05) is 5.56 Å². The second-order valence-corrected chi connectivity index (χ2v) is 9.81. The summed E-state index contributed by atoms with van der Waals surface area (Å²) in [6.45, 7) is 0.811. The van der Waals surface area contributed by atoms with Crippen molar-refractivity contribution in [3.8, 4) is 23.0 Å². The Morgan fingerprint density at radius 1 is 0.707 bits per heavy atom. The van der Waals surface area contributed by atoms with Gasteiger partial charge in [-0.1, -0.05) is 66.7 Å². The highest BCUT2D eigenvalue weighted by molar-refractivity contribution is 6.01. The molecule has 1 saturated heterocycles. The van der Waals surface area contributed by atoms with E-state index in [-0.39, 0.29) is 18.4 Å². The molecule has 1 aliphatic heterocycles. The summed E-state index contributed by atoms with van der Waals surface area (Å²) in [4.78, 5) is 26.3. The molecule has 5 rings (SSSR count). The summed E-state index contributed by atoms with van der Waals surface area (Å²) in [7, 11) is 3.11. The van der Waals surface area contributed by atoms with Crippen LogP contribution in [0, 0.1) is 11.8 Å². The fraction of sp³-hybridized carbons (Fsp3) is 0.235. The van der Waals surface area contributed by atoms with Gasteiger partial charge in [-0.15, -0.1) is 0 Å². The molecule has 1 heterocycles. The van der Waals surface area contributed by atoms with E-state index in [0.29, 0.717) is 48.2 Å². The smallest absolute Gasteiger partial charge is 0.310 e. The van der Waals surface area contributed by atoms with Gasteiger partial charge in [0.15, 0.2) is 28.8 Å². The second kappa shape index (κ2) is 13.0. The third-order valence-corrected chi connectivity index (χ3v) is 7.14. The highest BCUT2D eigenvalue weighted by atomic mass is 16.5. The van der Waals surface area contributed by atoms with Crippen LogP contribution in [0.2, 0.25) is 0 Å². The molecule has 0 N–H and O–H groups in total. The Hall–Kier alpha value is -4.78. The largest absolute Gasteiger partial charge is 0.493 e. The molecule has 0 amide bonds. The zero-order chi connectivity index (χ0) is 28.6. The van der Waals surface area contributed by atoms with E-state index in [4.69, 9.17) is 23.7 Å². The van der Waals surface area contributed by atoms with Crippen molar-refractivity contribution in [2.45, 2.75) is 19.6 Å². The minimum absolute atomic E-state index is 0.0340. The predicted octanol–water partition coefficient (Wildman–Crippen LogP) is 6.08. The van der Waals surface area contributed by atoms with Gasteiger partial charge in [0.05, 0.1) is 26.1 Å². The molecule has 7 nitrogen and oxygen atoms in total. The van der Waals surface area contributed by atoms with E-state index in [0.717, 1.165) is 16.7 Å². The summed E-state index contributed by atoms with van der Waals surface area (Å²) in [6.07, 6.45) is 0.333. The van der Waals surface area contributed by atoms with E-state index in [1.54, 1.807) is 25.3 Å². The number of methoxy groups -OCH3 is 2. The minimum Gasteiger partial charge on any atom is -0.493 e. The third kappa shape index (κ3) is 6.69. The Bertz CT molecular complexity index is 1480. The number of carbonyl (C=O) groups excluding carboxylic acids is 2. The van der Waals surface area contributed by atoms with Gasteiger partial charge >= 0.3 is 5.97 Å². The first-order chi connectivity index (χ1) is 20.1. The van der Waals surface area contributed by atoms with Crippen LogP contribution in [0.5, 0.6) is 23.0 Å². The van der Waals surface area contributed by atoms with E-state index in [1.165, 1.54) is 7.11 Å². The van der Waals surface area contributed by atoms with Crippen LogP contribution in [0.1, 0.15) is 27.0 Å². The number of ketones is 1. The molecule has 2 atom stereocenters. The maximum atomic E-state index is 13.6. The standard InChI is InChI=1S/C34H32O7/c1-37-31-18-25(13-15-29(31)39-20-23-9-5-3-6-10-23)17-27-28(22-41-34(27)36)33(35)26-14-16-30(32(19-26)38-2)40-21-24-11-7-4-8-12-24/h3-16,18-19,27-28H,17,20-22H2,1-2H3/t27-,28+/m1/s1. The van der Waals surface area contributed by atoms with Crippen LogP contribution in [0.4, 0.5) is 0 Å². The Morgan fingerprint density at radius 2 is 1.27 bits per heavy atom. The van der Waals surface area contributed by atoms with E-state index in [1.807, 2.05) is 78.9 Å². The Morgan fingerprint density at radius 3 is 1.85 bits per heavy atom. The second-order valence-electron chi connectivity index (χ2n) is 9.81. The van der Waals surface area contributed by atoms with Gasteiger partial charge in [-0.3, -0.25) is 9.59 Å². The van der Waals surface area contributed by atoms with Crippen LogP contribution in [0.3, 0.4) is 0 Å². The highest BCUT2D eigenvalue weighted by Crippen LogP contribution is 2.35. The number of ether oxygens (including phenoxy) is 5. The maximum Gasteiger partial charge on any atom is 0.310 e. The fourth-order valence-corrected chi connectivity index (χ4v) is 4.88. The molecule has 0 bridgehead atoms. The van der Waals surface area contributed by atoms with Crippen LogP contribution in [-0.2, 0) is 29.2 Å². The molecule has 4 aromatic carbocycles. The van der Waals surface area contributed by atoms with E-state index < -0.39 is 11.8 Å². The van der Waals surface area contributed by atoms with E-state index in [9.17, 15) is 9.59 Å². The average Bonchev–Trinajstić information content (AvgIpc) is 3.39. The van der Waals surface area contributed by atoms with Crippen LogP contribution in [-0.4, -0.2) is 32.6 Å². The zero-order valence-corrected chi connectivity index (χ0v) is 23.1. The summed E-state index contributed by atoms with van der Waals surface area (Å²) < 4.78 is 28.3. The molecule has 0 aliphatic carbocycles. The quantitative estimate of drug-likeness (QED) is 0.156. The van der Waals surface area contributed by atoms with Crippen molar-refractivity contribution in [1.82, 2.24) is 0 Å². The van der Waals surface area contributed by atoms with Crippen molar-refractivity contribution >= 4 is 11.8 Å². The first kappa shape index (κ1) is 27.8. The van der Waals surface area contributed by atoms with Crippen LogP contribution < -0.4 is 18.9 Å². The van der Waals surface area contributed by atoms with Crippen LogP contribution in [0.25, 0.3) is 0 Å². The van der Waals surface area contributed by atoms with Gasteiger partial charge in [0.2, 0.25) is 0 Å². The number of carbonyl (C=O) groups is 2. The predicted molar refractivity (Wildman–Crippen MR) is 154 cm³/mol. The molecule has 1 aliphatic rings. The van der Waals surface area contributed by atoms with Gasteiger partial charge in [0.1, 0.15) is 19.8 Å². The van der Waals surface area contributed by atoms with Gasteiger partial charge < -0.3 is 23.7 Å². The van der Waals surface area contributed by atoms with Crippen LogP contribution >= 0.6 is 0 Å². The van der Waals surface area contributed by atoms with Crippen molar-refractivity contribution in [3.05, 3.63) is 119 Å². The number of hydrogen-bond acceptors (Lipinski definition) is 7. The van der Waals surface area contributed by atoms with E-state index in [2.05, 4.69) is 0 Å². The van der Waals surface area contributed by atoms with Gasteiger partial charge in [-0.25, -0.2) is 0 Å². The minimum atomic E-state index is -0.622. The lowest BCUT2D eigenvalue weighted by Crippen LogP contribution is -2.26. The van der Waals surface area contributed by atoms with Crippen molar-refractivity contribution in [1.29, 1.82) is 0 Å². The third-order valence-electron chi connectivity index (χ3n) is 7.14. The molecule has 0 aromatic heterocycles. The van der Waals surface area contributed by atoms with Crippen molar-refractivity contribution in [3.63, 3.8) is 0 Å². The number of hydrogen-bond donors (Lipinski definition) is 0. The number of rotatable bonds is 12. The number of Topliss-reactive ketones (excluding diaryl/α,β-unsaturated/α-hetero) is 1. The number of esters is 1. The van der Waals surface area contributed by atoms with E-state index >= 15 is 0 Å². The molecule has 0 saturated carbocycles. The first-order valence-electron chi connectivity index (χ1n) is 13.4. The lowest BCUT2D eigenvalue weighted by Gasteiger charge is -2.17. The molecule has 41 heavy (non-hydrogen) atoms. The molecule has 7 heteroatoms. The molecular formula is C34H32O7. The first-order valence-corrected chi connectivity index (χ1v) is 13.4. The molecule has 0 radical (unpaired) electrons. The average molecular weight is 553 g/mol. The number of cyclic esters (lactones) is 1. The number of benzene rings is 4. The lowest BCUT2D eigenvalue weighted by molar-refractivity contribution is -0.141. The van der Waals surface area contributed by atoms with Gasteiger partial charge in [-0.2, -0.15) is 0 Å². The Balaban J connectivity index is 1.27. The summed E-state index contributed by atoms with van der Waals surface area (Å²) in [5, 5.41) is 0. The van der Waals surface area contributed by atoms with Crippen molar-refractivity contribution < 1.29 is 33.3 Å². The Labute approximate surface area is 239 Å². The molecule has 4 aromatic rings. The summed E-state index contributed by atoms with van der Waals surface area (Å²) in [5.74, 6) is 0.331. The molecule has 0 spiro atoms. The highest BCUT2D eigenvalue weighted by Gasteiger charge is 2.42. The molecule has 0 unspecified atom stereocenters. The maximum absolute atomic E-state index is 13.6. The van der Waals surface area contributed by atoms with Crippen molar-refractivity contribution in [2.75, 3.05) is 20.8 Å². The molecular weight excluding hydrogens is 520 g/mol. The monoisotopic (exact) mass is 552 g/mol. The zero-order valence-electron chi connectivity index (χ0n) is 23.1. The van der Waals surface area contributed by atoms with Crippen molar-refractivity contribution in [2.24, 2.45) is 11.8 Å². The molecule has 210 valence electrons. The normalized spacial score (nSPS) is 16.1. The van der Waals surface area contributed by atoms with Gasteiger partial charge in [-0.05, 0) is 53.4 Å². The SMILES string of the molecule is COc1cc(C[C@H]2C(=O)OC[C@@H]2C(=O)c2ccc(OCc3ccccc3)c(OC)c2)ccc1OCc1ccccc1. The molecule has 1 fully saturated rings. The lowest BCUT2D eigenvalue weighted by atomic mass is 9.84.